The standard InChI is InChI=1S/C19H23N3O4S/c20-14-3-1-2-13(12-14)19(23)22-15-4-6-16(7-5-15)26-17-8-10-18(11-9-17)27(21,24)25/h4-11,13-14H,1-3,12,20H2,(H,22,23)(H2,21,24,25). The smallest absolute Gasteiger partial charge is 0.238 e. The van der Waals surface area contributed by atoms with Gasteiger partial charge in [-0.1, -0.05) is 6.42 Å². The van der Waals surface area contributed by atoms with Gasteiger partial charge in [0.05, 0.1) is 4.90 Å². The van der Waals surface area contributed by atoms with Crippen molar-refractivity contribution in [1.82, 2.24) is 0 Å². The van der Waals surface area contributed by atoms with Gasteiger partial charge in [0.2, 0.25) is 15.9 Å². The number of carbonyl (C=O) groups excluding carboxylic acids is 1. The van der Waals surface area contributed by atoms with Crippen LogP contribution in [-0.2, 0) is 14.8 Å². The van der Waals surface area contributed by atoms with Crippen LogP contribution in [0.1, 0.15) is 25.7 Å². The van der Waals surface area contributed by atoms with Crippen LogP contribution in [0, 0.1) is 5.92 Å². The van der Waals surface area contributed by atoms with E-state index in [4.69, 9.17) is 15.6 Å². The van der Waals surface area contributed by atoms with Crippen molar-refractivity contribution in [3.8, 4) is 11.5 Å². The Morgan fingerprint density at radius 1 is 1.00 bits per heavy atom. The van der Waals surface area contributed by atoms with Crippen LogP contribution in [0.15, 0.2) is 53.4 Å². The van der Waals surface area contributed by atoms with Crippen LogP contribution in [0.25, 0.3) is 0 Å². The molecule has 8 heteroatoms. The highest BCUT2D eigenvalue weighted by Gasteiger charge is 2.25. The van der Waals surface area contributed by atoms with Crippen molar-refractivity contribution >= 4 is 21.6 Å². The molecule has 3 rings (SSSR count). The minimum absolute atomic E-state index is 0.00241. The Balaban J connectivity index is 1.59. The quantitative estimate of drug-likeness (QED) is 0.725. The molecule has 0 bridgehead atoms. The first-order valence-electron chi connectivity index (χ1n) is 8.78. The molecule has 0 saturated heterocycles. The summed E-state index contributed by atoms with van der Waals surface area (Å²) >= 11 is 0. The molecule has 1 fully saturated rings. The van der Waals surface area contributed by atoms with E-state index in [1.807, 2.05) is 0 Å². The third kappa shape index (κ3) is 5.29. The maximum atomic E-state index is 12.3. The van der Waals surface area contributed by atoms with E-state index in [9.17, 15) is 13.2 Å². The van der Waals surface area contributed by atoms with Crippen molar-refractivity contribution in [2.24, 2.45) is 16.8 Å². The number of sulfonamides is 1. The molecule has 144 valence electrons. The van der Waals surface area contributed by atoms with E-state index in [1.54, 1.807) is 24.3 Å². The molecular weight excluding hydrogens is 366 g/mol. The Bertz CT molecular complexity index is 896. The summed E-state index contributed by atoms with van der Waals surface area (Å²) in [5.41, 5.74) is 6.64. The molecule has 1 aliphatic carbocycles. The molecule has 1 saturated carbocycles. The molecule has 1 amide bonds. The second-order valence-corrected chi connectivity index (χ2v) is 8.32. The lowest BCUT2D eigenvalue weighted by atomic mass is 9.85. The second-order valence-electron chi connectivity index (χ2n) is 6.76. The Hall–Kier alpha value is -2.42. The maximum absolute atomic E-state index is 12.3. The van der Waals surface area contributed by atoms with Gasteiger partial charge in [-0.05, 0) is 67.8 Å². The Morgan fingerprint density at radius 2 is 1.59 bits per heavy atom. The topological polar surface area (TPSA) is 125 Å². The van der Waals surface area contributed by atoms with Crippen molar-refractivity contribution in [1.29, 1.82) is 0 Å². The van der Waals surface area contributed by atoms with Crippen LogP contribution in [0.5, 0.6) is 11.5 Å². The highest BCUT2D eigenvalue weighted by molar-refractivity contribution is 7.89. The number of hydrogen-bond acceptors (Lipinski definition) is 5. The van der Waals surface area contributed by atoms with Crippen LogP contribution in [0.2, 0.25) is 0 Å². The highest BCUT2D eigenvalue weighted by atomic mass is 32.2. The first-order chi connectivity index (χ1) is 12.8. The summed E-state index contributed by atoms with van der Waals surface area (Å²) in [5, 5.41) is 7.98. The van der Waals surface area contributed by atoms with Crippen LogP contribution in [0.4, 0.5) is 5.69 Å². The van der Waals surface area contributed by atoms with Crippen molar-refractivity contribution in [2.45, 2.75) is 36.6 Å². The minimum Gasteiger partial charge on any atom is -0.457 e. The molecule has 0 aliphatic heterocycles. The van der Waals surface area contributed by atoms with E-state index < -0.39 is 10.0 Å². The van der Waals surface area contributed by atoms with E-state index in [0.717, 1.165) is 25.7 Å². The summed E-state index contributed by atoms with van der Waals surface area (Å²) in [6.07, 6.45) is 3.56. The lowest BCUT2D eigenvalue weighted by molar-refractivity contribution is -0.120. The van der Waals surface area contributed by atoms with Gasteiger partial charge in [-0.2, -0.15) is 0 Å². The first kappa shape index (κ1) is 19.3. The summed E-state index contributed by atoms with van der Waals surface area (Å²) < 4.78 is 28.2. The summed E-state index contributed by atoms with van der Waals surface area (Å²) in [6.45, 7) is 0. The van der Waals surface area contributed by atoms with Crippen LogP contribution >= 0.6 is 0 Å². The first-order valence-corrected chi connectivity index (χ1v) is 10.3. The van der Waals surface area contributed by atoms with Crippen molar-refractivity contribution in [3.63, 3.8) is 0 Å². The molecular formula is C19H23N3O4S. The summed E-state index contributed by atoms with van der Waals surface area (Å²) in [4.78, 5) is 12.4. The van der Waals surface area contributed by atoms with Crippen molar-refractivity contribution in [2.75, 3.05) is 5.32 Å². The lowest BCUT2D eigenvalue weighted by Gasteiger charge is -2.25. The van der Waals surface area contributed by atoms with E-state index in [0.29, 0.717) is 17.2 Å². The van der Waals surface area contributed by atoms with Gasteiger partial charge in [-0.3, -0.25) is 4.79 Å². The van der Waals surface area contributed by atoms with Gasteiger partial charge in [-0.25, -0.2) is 13.6 Å². The molecule has 2 atom stereocenters. The van der Waals surface area contributed by atoms with Gasteiger partial charge in [0.1, 0.15) is 11.5 Å². The predicted octanol–water partition coefficient (Wildman–Crippen LogP) is 2.58. The molecule has 2 aromatic carbocycles. The fourth-order valence-electron chi connectivity index (χ4n) is 3.15. The normalized spacial score (nSPS) is 20.1. The Labute approximate surface area is 158 Å². The number of rotatable bonds is 5. The SMILES string of the molecule is NC1CCCC(C(=O)Nc2ccc(Oc3ccc(S(N)(=O)=O)cc3)cc2)C1. The fourth-order valence-corrected chi connectivity index (χ4v) is 3.67. The van der Waals surface area contributed by atoms with Crippen LogP contribution in [-0.4, -0.2) is 20.4 Å². The van der Waals surface area contributed by atoms with Crippen molar-refractivity contribution in [3.05, 3.63) is 48.5 Å². The number of ether oxygens (including phenoxy) is 1. The van der Waals surface area contributed by atoms with Gasteiger partial charge in [0.15, 0.2) is 0 Å². The number of nitrogens with one attached hydrogen (secondary N) is 1. The fraction of sp³-hybridized carbons (Fsp3) is 0.316. The molecule has 0 spiro atoms. The van der Waals surface area contributed by atoms with E-state index >= 15 is 0 Å². The summed E-state index contributed by atoms with van der Waals surface area (Å²) in [6, 6.07) is 12.9. The summed E-state index contributed by atoms with van der Waals surface area (Å²) in [5.74, 6) is 1.01. The number of primary sulfonamides is 1. The van der Waals surface area contributed by atoms with Gasteiger partial charge >= 0.3 is 0 Å². The third-order valence-corrected chi connectivity index (χ3v) is 5.52. The van der Waals surface area contributed by atoms with Crippen molar-refractivity contribution < 1.29 is 17.9 Å². The molecule has 0 aromatic heterocycles. The van der Waals surface area contributed by atoms with Gasteiger partial charge in [0, 0.05) is 17.6 Å². The second kappa shape index (κ2) is 8.08. The molecule has 2 unspecified atom stereocenters. The maximum Gasteiger partial charge on any atom is 0.238 e. The molecule has 5 N–H and O–H groups in total. The Morgan fingerprint density at radius 3 is 2.15 bits per heavy atom. The van der Waals surface area contributed by atoms with E-state index in [1.165, 1.54) is 24.3 Å². The van der Waals surface area contributed by atoms with Crippen LogP contribution < -0.4 is 20.9 Å². The zero-order valence-electron chi connectivity index (χ0n) is 14.8. The van der Waals surface area contributed by atoms with E-state index in [-0.39, 0.29) is 22.8 Å². The Kier molecular flexibility index (Phi) is 5.79. The number of nitrogens with two attached hydrogens (primary N) is 2. The number of anilines is 1. The lowest BCUT2D eigenvalue weighted by Crippen LogP contribution is -2.34. The molecule has 1 aliphatic rings. The van der Waals surface area contributed by atoms with Gasteiger partial charge in [0.25, 0.3) is 0 Å². The highest BCUT2D eigenvalue weighted by Crippen LogP contribution is 2.26. The predicted molar refractivity (Wildman–Crippen MR) is 103 cm³/mol. The zero-order chi connectivity index (χ0) is 19.4. The summed E-state index contributed by atoms with van der Waals surface area (Å²) in [7, 11) is -3.73. The number of hydrogen-bond donors (Lipinski definition) is 3. The molecule has 0 radical (unpaired) electrons. The molecule has 0 heterocycles. The number of amides is 1. The molecule has 2 aromatic rings. The molecule has 27 heavy (non-hydrogen) atoms. The number of benzene rings is 2. The van der Waals surface area contributed by atoms with Gasteiger partial charge < -0.3 is 15.8 Å². The average Bonchev–Trinajstić information content (AvgIpc) is 2.63. The third-order valence-electron chi connectivity index (χ3n) is 4.60. The average molecular weight is 389 g/mol. The van der Waals surface area contributed by atoms with Gasteiger partial charge in [-0.15, -0.1) is 0 Å². The monoisotopic (exact) mass is 389 g/mol. The van der Waals surface area contributed by atoms with E-state index in [2.05, 4.69) is 5.32 Å². The molecule has 7 nitrogen and oxygen atoms in total. The minimum atomic E-state index is -3.73. The largest absolute Gasteiger partial charge is 0.457 e. The van der Waals surface area contributed by atoms with Crippen LogP contribution in [0.3, 0.4) is 0 Å². The zero-order valence-corrected chi connectivity index (χ0v) is 15.6. The number of carbonyl (C=O) groups is 1.